The van der Waals surface area contributed by atoms with E-state index < -0.39 is 0 Å². The molecule has 1 fully saturated rings. The van der Waals surface area contributed by atoms with Gasteiger partial charge in [0.25, 0.3) is 5.91 Å². The minimum absolute atomic E-state index is 0.000935. The molecule has 1 heterocycles. The molecule has 1 unspecified atom stereocenters. The van der Waals surface area contributed by atoms with E-state index in [1.54, 1.807) is 6.07 Å². The average Bonchev–Trinajstić information content (AvgIpc) is 3.09. The van der Waals surface area contributed by atoms with Crippen molar-refractivity contribution in [2.45, 2.75) is 32.9 Å². The van der Waals surface area contributed by atoms with E-state index in [-0.39, 0.29) is 24.4 Å². The van der Waals surface area contributed by atoms with Crippen molar-refractivity contribution in [3.8, 4) is 0 Å². The summed E-state index contributed by atoms with van der Waals surface area (Å²) in [5.74, 6) is -0.357. The third-order valence-corrected chi connectivity index (χ3v) is 5.07. The largest absolute Gasteiger partial charge is 0.350 e. The standard InChI is InChI=1S/C22H27N3O2/c1-16-8-9-19(12-17(16)2)22(27)23-13-21(26)24-20-10-11-25(15-20)14-18-6-4-3-5-7-18/h3-9,12,20H,10-11,13-15H2,1-2H3,(H,23,27)(H,24,26). The van der Waals surface area contributed by atoms with Crippen molar-refractivity contribution in [1.29, 1.82) is 0 Å². The van der Waals surface area contributed by atoms with Crippen molar-refractivity contribution >= 4 is 11.8 Å². The van der Waals surface area contributed by atoms with Gasteiger partial charge >= 0.3 is 0 Å². The van der Waals surface area contributed by atoms with Gasteiger partial charge in [-0.3, -0.25) is 14.5 Å². The van der Waals surface area contributed by atoms with Crippen molar-refractivity contribution < 1.29 is 9.59 Å². The van der Waals surface area contributed by atoms with Gasteiger partial charge in [0.15, 0.2) is 0 Å². The zero-order valence-electron chi connectivity index (χ0n) is 16.0. The van der Waals surface area contributed by atoms with Gasteiger partial charge in [-0.15, -0.1) is 0 Å². The molecule has 0 spiro atoms. The number of hydrogen-bond donors (Lipinski definition) is 2. The number of amides is 2. The Hall–Kier alpha value is -2.66. The molecule has 1 aliphatic heterocycles. The Labute approximate surface area is 160 Å². The molecule has 3 rings (SSSR count). The zero-order valence-corrected chi connectivity index (χ0v) is 16.0. The highest BCUT2D eigenvalue weighted by molar-refractivity contribution is 5.96. The fourth-order valence-corrected chi connectivity index (χ4v) is 3.36. The van der Waals surface area contributed by atoms with Crippen molar-refractivity contribution in [1.82, 2.24) is 15.5 Å². The molecular weight excluding hydrogens is 338 g/mol. The Morgan fingerprint density at radius 3 is 2.59 bits per heavy atom. The van der Waals surface area contributed by atoms with E-state index in [4.69, 9.17) is 0 Å². The van der Waals surface area contributed by atoms with Crippen molar-refractivity contribution in [2.24, 2.45) is 0 Å². The zero-order chi connectivity index (χ0) is 19.2. The molecule has 1 saturated heterocycles. The molecule has 27 heavy (non-hydrogen) atoms. The lowest BCUT2D eigenvalue weighted by Crippen LogP contribution is -2.43. The topological polar surface area (TPSA) is 61.4 Å². The first-order chi connectivity index (χ1) is 13.0. The van der Waals surface area contributed by atoms with Crippen LogP contribution in [0.25, 0.3) is 0 Å². The van der Waals surface area contributed by atoms with Crippen LogP contribution in [0.1, 0.15) is 33.5 Å². The van der Waals surface area contributed by atoms with E-state index in [2.05, 4.69) is 27.7 Å². The van der Waals surface area contributed by atoms with E-state index in [9.17, 15) is 9.59 Å². The summed E-state index contributed by atoms with van der Waals surface area (Å²) in [6, 6.07) is 16.0. The number of nitrogens with one attached hydrogen (secondary N) is 2. The summed E-state index contributed by atoms with van der Waals surface area (Å²) in [7, 11) is 0. The van der Waals surface area contributed by atoms with Crippen LogP contribution in [-0.4, -0.2) is 42.4 Å². The van der Waals surface area contributed by atoms with Crippen LogP contribution in [0.4, 0.5) is 0 Å². The Morgan fingerprint density at radius 1 is 1.07 bits per heavy atom. The highest BCUT2D eigenvalue weighted by Crippen LogP contribution is 2.13. The second-order valence-corrected chi connectivity index (χ2v) is 7.26. The maximum atomic E-state index is 12.2. The van der Waals surface area contributed by atoms with Gasteiger partial charge in [0.2, 0.25) is 5.91 Å². The van der Waals surface area contributed by atoms with E-state index in [1.165, 1.54) is 5.56 Å². The predicted molar refractivity (Wildman–Crippen MR) is 107 cm³/mol. The fourth-order valence-electron chi connectivity index (χ4n) is 3.36. The fraction of sp³-hybridized carbons (Fsp3) is 0.364. The molecule has 142 valence electrons. The number of hydrogen-bond acceptors (Lipinski definition) is 3. The average molecular weight is 365 g/mol. The first-order valence-electron chi connectivity index (χ1n) is 9.42. The number of carbonyl (C=O) groups is 2. The second kappa shape index (κ2) is 8.82. The Morgan fingerprint density at radius 2 is 1.85 bits per heavy atom. The number of likely N-dealkylation sites (tertiary alicyclic amines) is 1. The second-order valence-electron chi connectivity index (χ2n) is 7.26. The first kappa shape index (κ1) is 19.1. The lowest BCUT2D eigenvalue weighted by Gasteiger charge is -2.17. The number of aryl methyl sites for hydroxylation is 2. The quantitative estimate of drug-likeness (QED) is 0.826. The van der Waals surface area contributed by atoms with E-state index in [0.29, 0.717) is 5.56 Å². The van der Waals surface area contributed by atoms with Gasteiger partial charge < -0.3 is 10.6 Å². The molecule has 1 aliphatic rings. The molecule has 0 aliphatic carbocycles. The number of rotatable bonds is 6. The Kier molecular flexibility index (Phi) is 6.24. The van der Waals surface area contributed by atoms with Gasteiger partial charge in [0, 0.05) is 31.2 Å². The summed E-state index contributed by atoms with van der Waals surface area (Å²) < 4.78 is 0. The van der Waals surface area contributed by atoms with Crippen molar-refractivity contribution in [3.05, 3.63) is 70.8 Å². The molecule has 5 nitrogen and oxygen atoms in total. The molecule has 2 aromatic rings. The monoisotopic (exact) mass is 365 g/mol. The van der Waals surface area contributed by atoms with Crippen LogP contribution in [0.3, 0.4) is 0 Å². The normalized spacial score (nSPS) is 16.9. The van der Waals surface area contributed by atoms with Crippen LogP contribution in [-0.2, 0) is 11.3 Å². The van der Waals surface area contributed by atoms with E-state index in [1.807, 2.05) is 44.2 Å². The lowest BCUT2D eigenvalue weighted by molar-refractivity contribution is -0.120. The molecule has 0 radical (unpaired) electrons. The summed E-state index contributed by atoms with van der Waals surface area (Å²) >= 11 is 0. The maximum absolute atomic E-state index is 12.2. The van der Waals surface area contributed by atoms with Gasteiger partial charge in [-0.2, -0.15) is 0 Å². The van der Waals surface area contributed by atoms with Crippen LogP contribution in [0.15, 0.2) is 48.5 Å². The minimum atomic E-state index is -0.217. The Bertz CT molecular complexity index is 804. The number of benzene rings is 2. The van der Waals surface area contributed by atoms with Gasteiger partial charge in [0.05, 0.1) is 6.54 Å². The molecule has 0 aromatic heterocycles. The minimum Gasteiger partial charge on any atom is -0.350 e. The lowest BCUT2D eigenvalue weighted by atomic mass is 10.1. The molecule has 2 N–H and O–H groups in total. The van der Waals surface area contributed by atoms with E-state index >= 15 is 0 Å². The molecular formula is C22H27N3O2. The molecule has 2 amide bonds. The van der Waals surface area contributed by atoms with E-state index in [0.717, 1.165) is 37.2 Å². The maximum Gasteiger partial charge on any atom is 0.251 e. The van der Waals surface area contributed by atoms with Crippen LogP contribution in [0.5, 0.6) is 0 Å². The molecule has 5 heteroatoms. The third kappa shape index (κ3) is 5.41. The summed E-state index contributed by atoms with van der Waals surface area (Å²) in [5, 5.41) is 5.73. The molecule has 0 saturated carbocycles. The van der Waals surface area contributed by atoms with Crippen molar-refractivity contribution in [2.75, 3.05) is 19.6 Å². The summed E-state index contributed by atoms with van der Waals surface area (Å²) in [5.41, 5.74) is 4.08. The van der Waals surface area contributed by atoms with Gasteiger partial charge in [-0.1, -0.05) is 36.4 Å². The number of nitrogens with zero attached hydrogens (tertiary/aromatic N) is 1. The van der Waals surface area contributed by atoms with Crippen LogP contribution in [0, 0.1) is 13.8 Å². The number of carbonyl (C=O) groups excluding carboxylic acids is 2. The van der Waals surface area contributed by atoms with Crippen molar-refractivity contribution in [3.63, 3.8) is 0 Å². The summed E-state index contributed by atoms with van der Waals surface area (Å²) in [4.78, 5) is 26.7. The molecule has 1 atom stereocenters. The SMILES string of the molecule is Cc1ccc(C(=O)NCC(=O)NC2CCN(Cc3ccccc3)C2)cc1C. The van der Waals surface area contributed by atoms with Crippen LogP contribution >= 0.6 is 0 Å². The smallest absolute Gasteiger partial charge is 0.251 e. The predicted octanol–water partition coefficient (Wildman–Crippen LogP) is 2.42. The molecule has 2 aromatic carbocycles. The first-order valence-corrected chi connectivity index (χ1v) is 9.42. The van der Waals surface area contributed by atoms with Gasteiger partial charge in [-0.25, -0.2) is 0 Å². The summed E-state index contributed by atoms with van der Waals surface area (Å²) in [6.07, 6.45) is 0.934. The third-order valence-electron chi connectivity index (χ3n) is 5.07. The van der Waals surface area contributed by atoms with Gasteiger partial charge in [-0.05, 0) is 49.1 Å². The van der Waals surface area contributed by atoms with Crippen LogP contribution in [0.2, 0.25) is 0 Å². The van der Waals surface area contributed by atoms with Gasteiger partial charge in [0.1, 0.15) is 0 Å². The highest BCUT2D eigenvalue weighted by atomic mass is 16.2. The highest BCUT2D eigenvalue weighted by Gasteiger charge is 2.23. The van der Waals surface area contributed by atoms with Crippen LogP contribution < -0.4 is 10.6 Å². The summed E-state index contributed by atoms with van der Waals surface area (Å²) in [6.45, 7) is 6.69. The molecule has 0 bridgehead atoms. The Balaban J connectivity index is 1.41.